The molecule has 108 valence electrons. The normalized spacial score (nSPS) is 11.8. The first kappa shape index (κ1) is 15.8. The quantitative estimate of drug-likeness (QED) is 0.642. The molecule has 3 aromatic rings. The van der Waals surface area contributed by atoms with Crippen molar-refractivity contribution in [2.75, 3.05) is 0 Å². The van der Waals surface area contributed by atoms with E-state index in [1.165, 1.54) is 0 Å². The van der Waals surface area contributed by atoms with Gasteiger partial charge in [0.15, 0.2) is 5.43 Å². The summed E-state index contributed by atoms with van der Waals surface area (Å²) in [5.74, 6) is -1.08. The summed E-state index contributed by atoms with van der Waals surface area (Å²) in [4.78, 5) is 23.1. The second-order valence-electron chi connectivity index (χ2n) is 5.07. The Balaban J connectivity index is 0.00000156. The molecule has 0 spiro atoms. The number of hydrogen-bond acceptors (Lipinski definition) is 4. The molecule has 1 N–H and O–H groups in total. The van der Waals surface area contributed by atoms with E-state index in [0.29, 0.717) is 17.7 Å². The molecular formula is C17H10NaO5+. The molecule has 0 fully saturated rings. The summed E-state index contributed by atoms with van der Waals surface area (Å²) in [6, 6.07) is 12.1. The smallest absolute Gasteiger partial charge is 0.488 e. The molecule has 0 atom stereocenters. The summed E-state index contributed by atoms with van der Waals surface area (Å²) >= 11 is 0. The molecule has 0 amide bonds. The first-order valence-corrected chi connectivity index (χ1v) is 6.70. The fourth-order valence-electron chi connectivity index (χ4n) is 2.68. The van der Waals surface area contributed by atoms with Gasteiger partial charge >= 0.3 is 35.5 Å². The van der Waals surface area contributed by atoms with Crippen LogP contribution in [0.2, 0.25) is 0 Å². The molecule has 2 aromatic carbocycles. The minimum absolute atomic E-state index is 0. The van der Waals surface area contributed by atoms with Crippen LogP contribution >= 0.6 is 0 Å². The van der Waals surface area contributed by atoms with Crippen molar-refractivity contribution < 1.29 is 48.6 Å². The Hall–Kier alpha value is -2.08. The number of carboxylic acid groups (broad SMARTS) is 1. The summed E-state index contributed by atoms with van der Waals surface area (Å²) in [7, 11) is 0. The number of aromatic carboxylic acids is 1. The van der Waals surface area contributed by atoms with E-state index in [-0.39, 0.29) is 46.3 Å². The molecule has 1 aliphatic heterocycles. The summed E-state index contributed by atoms with van der Waals surface area (Å²) in [5.41, 5.74) is 2.69. The molecule has 0 bridgehead atoms. The average Bonchev–Trinajstić information content (AvgIpc) is 2.53. The summed E-state index contributed by atoms with van der Waals surface area (Å²) in [5, 5.41) is 9.31. The molecule has 2 heterocycles. The predicted molar refractivity (Wildman–Crippen MR) is 79.2 cm³/mol. The van der Waals surface area contributed by atoms with Gasteiger partial charge in [-0.3, -0.25) is 4.79 Å². The monoisotopic (exact) mass is 317 g/mol. The predicted octanol–water partition coefficient (Wildman–Crippen LogP) is 0.0546. The van der Waals surface area contributed by atoms with Crippen molar-refractivity contribution in [2.24, 2.45) is 0 Å². The van der Waals surface area contributed by atoms with Crippen LogP contribution in [0, 0.1) is 0 Å². The van der Waals surface area contributed by atoms with Crippen molar-refractivity contribution in [3.05, 3.63) is 64.0 Å². The second-order valence-corrected chi connectivity index (χ2v) is 5.07. The Bertz CT molecular complexity index is 990. The van der Waals surface area contributed by atoms with Crippen LogP contribution in [0.1, 0.15) is 16.1 Å². The van der Waals surface area contributed by atoms with E-state index in [2.05, 4.69) is 0 Å². The van der Waals surface area contributed by atoms with Gasteiger partial charge in [0.25, 0.3) is 0 Å². The van der Waals surface area contributed by atoms with E-state index < -0.39 is 5.97 Å². The van der Waals surface area contributed by atoms with Crippen molar-refractivity contribution in [2.45, 2.75) is 6.61 Å². The molecule has 0 saturated carbocycles. The summed E-state index contributed by atoms with van der Waals surface area (Å²) in [6.07, 6.45) is 0. The van der Waals surface area contributed by atoms with Crippen LogP contribution in [0.3, 0.4) is 0 Å². The molecule has 0 saturated heterocycles. The Morgan fingerprint density at radius 1 is 1.09 bits per heavy atom. The van der Waals surface area contributed by atoms with Crippen molar-refractivity contribution in [1.29, 1.82) is 0 Å². The van der Waals surface area contributed by atoms with Crippen LogP contribution in [0.5, 0.6) is 5.75 Å². The Labute approximate surface area is 152 Å². The topological polar surface area (TPSA) is 76.7 Å². The number of carboxylic acids is 1. The van der Waals surface area contributed by atoms with Crippen LogP contribution < -0.4 is 39.7 Å². The van der Waals surface area contributed by atoms with Gasteiger partial charge in [0.05, 0.1) is 5.39 Å². The van der Waals surface area contributed by atoms with Crippen molar-refractivity contribution in [1.82, 2.24) is 0 Å². The van der Waals surface area contributed by atoms with Gasteiger partial charge in [0.1, 0.15) is 17.9 Å². The number of rotatable bonds is 1. The maximum absolute atomic E-state index is 12.1. The molecular weight excluding hydrogens is 307 g/mol. The first-order valence-electron chi connectivity index (χ1n) is 6.70. The molecule has 0 radical (unpaired) electrons. The van der Waals surface area contributed by atoms with Gasteiger partial charge in [-0.05, 0) is 17.2 Å². The van der Waals surface area contributed by atoms with Crippen molar-refractivity contribution in [3.8, 4) is 16.9 Å². The van der Waals surface area contributed by atoms with Gasteiger partial charge in [-0.2, -0.15) is 0 Å². The molecule has 4 rings (SSSR count). The zero-order valence-corrected chi connectivity index (χ0v) is 14.3. The maximum Gasteiger partial charge on any atom is 1.00 e. The maximum atomic E-state index is 12.1. The van der Waals surface area contributed by atoms with E-state index >= 15 is 0 Å². The van der Waals surface area contributed by atoms with E-state index in [4.69, 9.17) is 14.3 Å². The average molecular weight is 317 g/mol. The fraction of sp³-hybridized carbons (Fsp3) is 0.0588. The van der Waals surface area contributed by atoms with Gasteiger partial charge in [-0.25, -0.2) is 4.79 Å². The molecule has 1 aliphatic rings. The summed E-state index contributed by atoms with van der Waals surface area (Å²) < 4.78 is 11.0. The largest absolute Gasteiger partial charge is 1.00 e. The minimum Gasteiger partial charge on any atom is -0.488 e. The number of carbonyl (C=O) groups is 1. The van der Waals surface area contributed by atoms with Gasteiger partial charge in [-0.15, -0.1) is 0 Å². The van der Waals surface area contributed by atoms with Crippen LogP contribution in [0.25, 0.3) is 22.1 Å². The second kappa shape index (κ2) is 5.85. The van der Waals surface area contributed by atoms with E-state index in [0.717, 1.165) is 22.8 Å². The van der Waals surface area contributed by atoms with Crippen molar-refractivity contribution >= 4 is 16.9 Å². The minimum atomic E-state index is -1.28. The molecule has 1 aromatic heterocycles. The summed E-state index contributed by atoms with van der Waals surface area (Å²) in [6.45, 7) is 0.428. The SMILES string of the molecule is O=C(O)c1cc(=O)c2cc3c(cc2o1)OCc1ccccc1-3.[Na+]. The van der Waals surface area contributed by atoms with Crippen LogP contribution in [-0.4, -0.2) is 11.1 Å². The van der Waals surface area contributed by atoms with Crippen LogP contribution in [-0.2, 0) is 6.61 Å². The third kappa shape index (κ3) is 2.57. The van der Waals surface area contributed by atoms with Gasteiger partial charge < -0.3 is 14.3 Å². The molecule has 5 nitrogen and oxygen atoms in total. The molecule has 0 aliphatic carbocycles. The van der Waals surface area contributed by atoms with Gasteiger partial charge in [0.2, 0.25) is 5.76 Å². The van der Waals surface area contributed by atoms with E-state index in [1.807, 2.05) is 24.3 Å². The standard InChI is InChI=1S/C17H10O5.Na/c18-13-6-16(17(19)20)22-15-7-14-11(5-12(13)15)10-4-2-1-3-9(10)8-21-14;/h1-7H,8H2,(H,19,20);/q;+1. The molecule has 6 heteroatoms. The van der Waals surface area contributed by atoms with Crippen LogP contribution in [0.4, 0.5) is 0 Å². The van der Waals surface area contributed by atoms with Crippen molar-refractivity contribution in [3.63, 3.8) is 0 Å². The first-order chi connectivity index (χ1) is 10.6. The Kier molecular flexibility index (Phi) is 4.02. The Morgan fingerprint density at radius 2 is 1.87 bits per heavy atom. The number of ether oxygens (including phenoxy) is 1. The van der Waals surface area contributed by atoms with E-state index in [9.17, 15) is 9.59 Å². The van der Waals surface area contributed by atoms with Gasteiger partial charge in [0, 0.05) is 17.7 Å². The molecule has 23 heavy (non-hydrogen) atoms. The fourth-order valence-corrected chi connectivity index (χ4v) is 2.68. The van der Waals surface area contributed by atoms with Gasteiger partial charge in [-0.1, -0.05) is 24.3 Å². The zero-order chi connectivity index (χ0) is 15.3. The number of fused-ring (bicyclic) bond motifs is 4. The van der Waals surface area contributed by atoms with E-state index in [1.54, 1.807) is 12.1 Å². The third-order valence-electron chi connectivity index (χ3n) is 3.73. The number of hydrogen-bond donors (Lipinski definition) is 1. The van der Waals surface area contributed by atoms with Crippen LogP contribution in [0.15, 0.2) is 51.7 Å². The Morgan fingerprint density at radius 3 is 2.65 bits per heavy atom. The zero-order valence-electron chi connectivity index (χ0n) is 12.3. The number of benzene rings is 2. The third-order valence-corrected chi connectivity index (χ3v) is 3.73. The molecule has 0 unspecified atom stereocenters.